The number of carbonyl (C=O) groups excluding carboxylic acids is 1. The number of benzene rings is 1. The maximum atomic E-state index is 11.8. The molecule has 1 atom stereocenters. The van der Waals surface area contributed by atoms with Crippen LogP contribution in [0.25, 0.3) is 0 Å². The molecule has 0 spiro atoms. The Morgan fingerprint density at radius 1 is 1.41 bits per heavy atom. The lowest BCUT2D eigenvalue weighted by Crippen LogP contribution is -2.43. The van der Waals surface area contributed by atoms with Gasteiger partial charge in [0.1, 0.15) is 5.60 Å². The van der Waals surface area contributed by atoms with Crippen LogP contribution in [-0.4, -0.2) is 22.7 Å². The first-order chi connectivity index (χ1) is 10.4. The van der Waals surface area contributed by atoms with Gasteiger partial charge in [-0.1, -0.05) is 29.8 Å². The van der Waals surface area contributed by atoms with Crippen molar-refractivity contribution in [3.63, 3.8) is 0 Å². The number of rotatable bonds is 5. The Hall–Kier alpha value is -1.63. The monoisotopic (exact) mass is 339 g/mol. The minimum Gasteiger partial charge on any atom is -0.384 e. The van der Waals surface area contributed by atoms with E-state index >= 15 is 0 Å². The largest absolute Gasteiger partial charge is 0.384 e. The fourth-order valence-corrected chi connectivity index (χ4v) is 3.02. The lowest BCUT2D eigenvalue weighted by molar-refractivity contribution is 0.0595. The Morgan fingerprint density at radius 3 is 2.77 bits per heavy atom. The molecular weight excluding hydrogens is 322 g/mol. The first-order valence-electron chi connectivity index (χ1n) is 6.78. The number of hydrogen-bond acceptors (Lipinski definition) is 4. The van der Waals surface area contributed by atoms with Gasteiger partial charge in [0.05, 0.1) is 24.3 Å². The van der Waals surface area contributed by atoms with Gasteiger partial charge < -0.3 is 15.7 Å². The SMILES string of the molecule is Cc1ncsc1CNC(=O)NC[C@](C)(O)c1ccccc1Cl. The van der Waals surface area contributed by atoms with Crippen molar-refractivity contribution in [2.24, 2.45) is 0 Å². The number of urea groups is 1. The lowest BCUT2D eigenvalue weighted by Gasteiger charge is -2.25. The molecule has 1 aromatic heterocycles. The standard InChI is InChI=1S/C15H18ClN3O2S/c1-10-13(22-9-19-10)7-17-14(20)18-8-15(2,21)11-5-3-4-6-12(11)16/h3-6,9,21H,7-8H2,1-2H3,(H2,17,18,20)/t15-/m0/s1. The molecule has 5 nitrogen and oxygen atoms in total. The van der Waals surface area contributed by atoms with E-state index < -0.39 is 5.60 Å². The predicted octanol–water partition coefficient (Wildman–Crippen LogP) is 2.81. The molecule has 1 heterocycles. The Balaban J connectivity index is 1.88. The maximum Gasteiger partial charge on any atom is 0.315 e. The van der Waals surface area contributed by atoms with Gasteiger partial charge in [0.15, 0.2) is 0 Å². The van der Waals surface area contributed by atoms with Crippen molar-refractivity contribution < 1.29 is 9.90 Å². The highest BCUT2D eigenvalue weighted by atomic mass is 35.5. The summed E-state index contributed by atoms with van der Waals surface area (Å²) in [6.07, 6.45) is 0. The molecule has 0 radical (unpaired) electrons. The second kappa shape index (κ2) is 7.09. The van der Waals surface area contributed by atoms with E-state index in [4.69, 9.17) is 11.6 Å². The van der Waals surface area contributed by atoms with Gasteiger partial charge >= 0.3 is 6.03 Å². The highest BCUT2D eigenvalue weighted by Gasteiger charge is 2.26. The van der Waals surface area contributed by atoms with Crippen LogP contribution in [0.5, 0.6) is 0 Å². The number of nitrogens with zero attached hydrogens (tertiary/aromatic N) is 1. The summed E-state index contributed by atoms with van der Waals surface area (Å²) < 4.78 is 0. The third-order valence-electron chi connectivity index (χ3n) is 3.30. The van der Waals surface area contributed by atoms with Crippen molar-refractivity contribution in [2.45, 2.75) is 26.0 Å². The Kier molecular flexibility index (Phi) is 5.39. The summed E-state index contributed by atoms with van der Waals surface area (Å²) >= 11 is 7.57. The maximum absolute atomic E-state index is 11.8. The molecule has 0 aliphatic carbocycles. The number of amides is 2. The van der Waals surface area contributed by atoms with Crippen LogP contribution in [0.3, 0.4) is 0 Å². The van der Waals surface area contributed by atoms with Gasteiger partial charge in [0.25, 0.3) is 0 Å². The van der Waals surface area contributed by atoms with Crippen molar-refractivity contribution in [1.82, 2.24) is 15.6 Å². The molecule has 0 unspecified atom stereocenters. The minimum absolute atomic E-state index is 0.0598. The van der Waals surface area contributed by atoms with Crippen LogP contribution in [-0.2, 0) is 12.1 Å². The van der Waals surface area contributed by atoms with Crippen molar-refractivity contribution in [3.8, 4) is 0 Å². The molecule has 0 saturated heterocycles. The number of nitrogens with one attached hydrogen (secondary N) is 2. The van der Waals surface area contributed by atoms with E-state index in [0.717, 1.165) is 10.6 Å². The molecule has 0 fully saturated rings. The number of halogens is 1. The van der Waals surface area contributed by atoms with E-state index in [-0.39, 0.29) is 12.6 Å². The van der Waals surface area contributed by atoms with Gasteiger partial charge in [-0.3, -0.25) is 0 Å². The zero-order valence-corrected chi connectivity index (χ0v) is 14.0. The summed E-state index contributed by atoms with van der Waals surface area (Å²) in [5.74, 6) is 0. The third kappa shape index (κ3) is 4.19. The van der Waals surface area contributed by atoms with Crippen LogP contribution in [0.15, 0.2) is 29.8 Å². The average molecular weight is 340 g/mol. The Morgan fingerprint density at radius 2 is 2.14 bits per heavy atom. The second-order valence-corrected chi connectivity index (χ2v) is 6.50. The Bertz CT molecular complexity index is 658. The van der Waals surface area contributed by atoms with Gasteiger partial charge in [0, 0.05) is 15.5 Å². The molecule has 1 aromatic carbocycles. The van der Waals surface area contributed by atoms with E-state index in [9.17, 15) is 9.90 Å². The summed E-state index contributed by atoms with van der Waals surface area (Å²) in [5.41, 5.74) is 1.99. The van der Waals surface area contributed by atoms with Crippen LogP contribution in [0.2, 0.25) is 5.02 Å². The van der Waals surface area contributed by atoms with Crippen molar-refractivity contribution in [1.29, 1.82) is 0 Å². The quantitative estimate of drug-likeness (QED) is 0.784. The molecule has 7 heteroatoms. The van der Waals surface area contributed by atoms with Crippen LogP contribution < -0.4 is 10.6 Å². The fourth-order valence-electron chi connectivity index (χ4n) is 1.96. The van der Waals surface area contributed by atoms with E-state index in [1.54, 1.807) is 36.7 Å². The number of thiazole rings is 1. The molecule has 2 rings (SSSR count). The van der Waals surface area contributed by atoms with Crippen LogP contribution in [0, 0.1) is 6.92 Å². The van der Waals surface area contributed by atoms with E-state index in [1.807, 2.05) is 6.92 Å². The molecular formula is C15H18ClN3O2S. The van der Waals surface area contributed by atoms with Crippen LogP contribution in [0.1, 0.15) is 23.1 Å². The van der Waals surface area contributed by atoms with Crippen molar-refractivity contribution in [3.05, 3.63) is 50.9 Å². The second-order valence-electron chi connectivity index (χ2n) is 5.15. The molecule has 118 valence electrons. The molecule has 0 saturated carbocycles. The smallest absolute Gasteiger partial charge is 0.315 e. The average Bonchev–Trinajstić information content (AvgIpc) is 2.89. The number of carbonyl (C=O) groups is 1. The van der Waals surface area contributed by atoms with E-state index in [2.05, 4.69) is 15.6 Å². The number of aryl methyl sites for hydroxylation is 1. The van der Waals surface area contributed by atoms with Crippen LogP contribution in [0.4, 0.5) is 4.79 Å². The number of aliphatic hydroxyl groups is 1. The highest BCUT2D eigenvalue weighted by Crippen LogP contribution is 2.27. The topological polar surface area (TPSA) is 74.2 Å². The summed E-state index contributed by atoms with van der Waals surface area (Å²) in [6.45, 7) is 3.98. The minimum atomic E-state index is -1.24. The molecule has 0 aliphatic rings. The summed E-state index contributed by atoms with van der Waals surface area (Å²) in [6, 6.07) is 6.68. The summed E-state index contributed by atoms with van der Waals surface area (Å²) in [7, 11) is 0. The van der Waals surface area contributed by atoms with Crippen molar-refractivity contribution >= 4 is 29.0 Å². The van der Waals surface area contributed by atoms with Gasteiger partial charge in [-0.25, -0.2) is 9.78 Å². The molecule has 22 heavy (non-hydrogen) atoms. The van der Waals surface area contributed by atoms with Crippen molar-refractivity contribution in [2.75, 3.05) is 6.54 Å². The van der Waals surface area contributed by atoms with Gasteiger partial charge in [-0.2, -0.15) is 0 Å². The highest BCUT2D eigenvalue weighted by molar-refractivity contribution is 7.09. The van der Waals surface area contributed by atoms with E-state index in [0.29, 0.717) is 17.1 Å². The number of hydrogen-bond donors (Lipinski definition) is 3. The summed E-state index contributed by atoms with van der Waals surface area (Å²) in [5, 5.41) is 16.3. The molecule has 0 bridgehead atoms. The Labute approximate surface area is 138 Å². The first kappa shape index (κ1) is 16.7. The van der Waals surface area contributed by atoms with Crippen LogP contribution >= 0.6 is 22.9 Å². The molecule has 2 aromatic rings. The third-order valence-corrected chi connectivity index (χ3v) is 4.57. The predicted molar refractivity (Wildman–Crippen MR) is 88.1 cm³/mol. The first-order valence-corrected chi connectivity index (χ1v) is 8.04. The van der Waals surface area contributed by atoms with E-state index in [1.165, 1.54) is 11.3 Å². The fraction of sp³-hybridized carbons (Fsp3) is 0.333. The van der Waals surface area contributed by atoms with Gasteiger partial charge in [-0.15, -0.1) is 11.3 Å². The van der Waals surface area contributed by atoms with Gasteiger partial charge in [0.2, 0.25) is 0 Å². The zero-order chi connectivity index (χ0) is 16.2. The molecule has 0 aliphatic heterocycles. The zero-order valence-electron chi connectivity index (χ0n) is 12.4. The lowest BCUT2D eigenvalue weighted by atomic mass is 9.96. The van der Waals surface area contributed by atoms with Gasteiger partial charge in [-0.05, 0) is 19.9 Å². The normalized spacial score (nSPS) is 13.5. The summed E-state index contributed by atoms with van der Waals surface area (Å²) in [4.78, 5) is 17.0. The molecule has 3 N–H and O–H groups in total. The number of aromatic nitrogens is 1. The molecule has 2 amide bonds.